The smallest absolute Gasteiger partial charge is 0.205 e. The summed E-state index contributed by atoms with van der Waals surface area (Å²) in [5.41, 5.74) is 1.72. The van der Waals surface area contributed by atoms with E-state index in [4.69, 9.17) is 5.26 Å². The summed E-state index contributed by atoms with van der Waals surface area (Å²) >= 11 is 0. The Balaban J connectivity index is 2.86. The zero-order chi connectivity index (χ0) is 15.6. The van der Waals surface area contributed by atoms with Crippen molar-refractivity contribution in [1.29, 1.82) is 5.26 Å². The summed E-state index contributed by atoms with van der Waals surface area (Å²) in [4.78, 5) is 0. The molecule has 0 saturated heterocycles. The fraction of sp³-hybridized carbons (Fsp3) is 0.176. The molecule has 0 bridgehead atoms. The van der Waals surface area contributed by atoms with Gasteiger partial charge in [-0.3, -0.25) is 0 Å². The third-order valence-corrected chi connectivity index (χ3v) is 3.34. The fourth-order valence-electron chi connectivity index (χ4n) is 2.29. The average molecular weight is 285 g/mol. The van der Waals surface area contributed by atoms with E-state index in [1.807, 2.05) is 19.1 Å². The lowest BCUT2D eigenvalue weighted by Gasteiger charge is -2.10. The van der Waals surface area contributed by atoms with Crippen molar-refractivity contribution < 1.29 is 13.3 Å². The maximum atomic E-state index is 14.6. The monoisotopic (exact) mass is 285 g/mol. The molecule has 0 fully saturated rings. The van der Waals surface area contributed by atoms with Gasteiger partial charge in [-0.15, -0.1) is 6.58 Å². The second-order valence-corrected chi connectivity index (χ2v) is 4.89. The molecular formula is C17H15F2N2+. The summed E-state index contributed by atoms with van der Waals surface area (Å²) in [6.07, 6.45) is 3.71. The van der Waals surface area contributed by atoms with Gasteiger partial charge in [0.05, 0.1) is 5.56 Å². The molecular weight excluding hydrogens is 270 g/mol. The van der Waals surface area contributed by atoms with Crippen molar-refractivity contribution in [3.05, 3.63) is 65.4 Å². The zero-order valence-electron chi connectivity index (χ0n) is 12.0. The SMILES string of the molecule is C=CCc1cc(F)c(C#N)c(F)c1-c1cc(C)cc[n+]1C. The Labute approximate surface area is 122 Å². The first kappa shape index (κ1) is 14.9. The molecule has 0 spiro atoms. The maximum absolute atomic E-state index is 14.6. The molecule has 0 N–H and O–H groups in total. The minimum absolute atomic E-state index is 0.249. The Morgan fingerprint density at radius 1 is 1.38 bits per heavy atom. The van der Waals surface area contributed by atoms with Gasteiger partial charge in [0.1, 0.15) is 24.5 Å². The van der Waals surface area contributed by atoms with Crippen molar-refractivity contribution >= 4 is 0 Å². The average Bonchev–Trinajstić information content (AvgIpc) is 2.43. The molecule has 106 valence electrons. The number of hydrogen-bond acceptors (Lipinski definition) is 1. The molecule has 2 nitrogen and oxygen atoms in total. The van der Waals surface area contributed by atoms with E-state index in [0.717, 1.165) is 5.56 Å². The number of hydrogen-bond donors (Lipinski definition) is 0. The lowest BCUT2D eigenvalue weighted by Crippen LogP contribution is -2.31. The van der Waals surface area contributed by atoms with E-state index in [1.54, 1.807) is 30.0 Å². The standard InChI is InChI=1S/C17H15F2N2/c1-4-5-12-9-14(18)13(10-20)17(19)16(12)15-8-11(2)6-7-21(15)3/h4,6-9H,1,5H2,2-3H3/q+1. The van der Waals surface area contributed by atoms with E-state index in [-0.39, 0.29) is 5.56 Å². The Morgan fingerprint density at radius 2 is 2.10 bits per heavy atom. The van der Waals surface area contributed by atoms with Crippen molar-refractivity contribution in [3.63, 3.8) is 0 Å². The molecule has 0 aliphatic rings. The van der Waals surface area contributed by atoms with Gasteiger partial charge in [0, 0.05) is 12.1 Å². The third kappa shape index (κ3) is 2.68. The predicted octanol–water partition coefficient (Wildman–Crippen LogP) is 3.36. The van der Waals surface area contributed by atoms with E-state index in [1.165, 1.54) is 6.07 Å². The molecule has 0 atom stereocenters. The van der Waals surface area contributed by atoms with Crippen LogP contribution >= 0.6 is 0 Å². The number of nitrogens with zero attached hydrogens (tertiary/aromatic N) is 2. The van der Waals surface area contributed by atoms with Gasteiger partial charge in [-0.1, -0.05) is 6.08 Å². The van der Waals surface area contributed by atoms with E-state index in [9.17, 15) is 8.78 Å². The van der Waals surface area contributed by atoms with Crippen molar-refractivity contribution in [2.24, 2.45) is 7.05 Å². The molecule has 4 heteroatoms. The van der Waals surface area contributed by atoms with Crippen molar-refractivity contribution in [2.45, 2.75) is 13.3 Å². The van der Waals surface area contributed by atoms with E-state index < -0.39 is 17.2 Å². The Bertz CT molecular complexity index is 758. The van der Waals surface area contributed by atoms with Crippen LogP contribution in [-0.2, 0) is 13.5 Å². The van der Waals surface area contributed by atoms with Gasteiger partial charge in [0.2, 0.25) is 5.69 Å². The second kappa shape index (κ2) is 5.84. The third-order valence-electron chi connectivity index (χ3n) is 3.34. The van der Waals surface area contributed by atoms with Crippen molar-refractivity contribution in [1.82, 2.24) is 0 Å². The number of nitriles is 1. The largest absolute Gasteiger partial charge is 0.215 e. The normalized spacial score (nSPS) is 10.2. The molecule has 0 unspecified atom stereocenters. The molecule has 0 aliphatic heterocycles. The number of halogens is 2. The van der Waals surface area contributed by atoms with Crippen LogP contribution in [0.5, 0.6) is 0 Å². The summed E-state index contributed by atoms with van der Waals surface area (Å²) in [6, 6.07) is 6.50. The van der Waals surface area contributed by atoms with Gasteiger partial charge in [-0.2, -0.15) is 5.26 Å². The number of aromatic nitrogens is 1. The van der Waals surface area contributed by atoms with Crippen LogP contribution in [0.4, 0.5) is 8.78 Å². The lowest BCUT2D eigenvalue weighted by molar-refractivity contribution is -0.660. The first-order valence-corrected chi connectivity index (χ1v) is 6.48. The molecule has 1 aromatic heterocycles. The first-order chi connectivity index (χ1) is 9.99. The maximum Gasteiger partial charge on any atom is 0.215 e. The van der Waals surface area contributed by atoms with Crippen molar-refractivity contribution in [2.75, 3.05) is 0 Å². The van der Waals surface area contributed by atoms with Crippen LogP contribution in [0.2, 0.25) is 0 Å². The van der Waals surface area contributed by atoms with Crippen molar-refractivity contribution in [3.8, 4) is 17.3 Å². The highest BCUT2D eigenvalue weighted by Gasteiger charge is 2.24. The van der Waals surface area contributed by atoms with Gasteiger partial charge < -0.3 is 0 Å². The molecule has 2 rings (SSSR count). The summed E-state index contributed by atoms with van der Waals surface area (Å²) in [6.45, 7) is 5.51. The predicted molar refractivity (Wildman–Crippen MR) is 76.3 cm³/mol. The molecule has 21 heavy (non-hydrogen) atoms. The van der Waals surface area contributed by atoms with Gasteiger partial charge in [-0.05, 0) is 30.5 Å². The highest BCUT2D eigenvalue weighted by Crippen LogP contribution is 2.29. The van der Waals surface area contributed by atoms with Gasteiger partial charge in [0.15, 0.2) is 12.0 Å². The lowest BCUT2D eigenvalue weighted by atomic mass is 9.96. The summed E-state index contributed by atoms with van der Waals surface area (Å²) in [5.74, 6) is -1.67. The summed E-state index contributed by atoms with van der Waals surface area (Å²) < 4.78 is 30.2. The number of pyridine rings is 1. The van der Waals surface area contributed by atoms with Crippen LogP contribution < -0.4 is 4.57 Å². The summed E-state index contributed by atoms with van der Waals surface area (Å²) in [5, 5.41) is 8.96. The Hall–Kier alpha value is -2.54. The van der Waals surface area contributed by atoms with Crippen LogP contribution in [0.15, 0.2) is 37.1 Å². The molecule has 1 heterocycles. The molecule has 0 aliphatic carbocycles. The molecule has 0 radical (unpaired) electrons. The van der Waals surface area contributed by atoms with Gasteiger partial charge in [-0.25, -0.2) is 13.3 Å². The van der Waals surface area contributed by atoms with Crippen LogP contribution in [0.25, 0.3) is 11.3 Å². The summed E-state index contributed by atoms with van der Waals surface area (Å²) in [7, 11) is 1.78. The van der Waals surface area contributed by atoms with Crippen LogP contribution in [-0.4, -0.2) is 0 Å². The molecule has 0 saturated carbocycles. The molecule has 1 aromatic carbocycles. The number of allylic oxidation sites excluding steroid dienone is 1. The minimum atomic E-state index is -0.842. The highest BCUT2D eigenvalue weighted by atomic mass is 19.1. The van der Waals surface area contributed by atoms with E-state index in [2.05, 4.69) is 6.58 Å². The quantitative estimate of drug-likeness (QED) is 0.627. The highest BCUT2D eigenvalue weighted by molar-refractivity contribution is 5.66. The first-order valence-electron chi connectivity index (χ1n) is 6.48. The van der Waals surface area contributed by atoms with Crippen LogP contribution in [0.1, 0.15) is 16.7 Å². The molecule has 2 aromatic rings. The Kier molecular flexibility index (Phi) is 4.13. The second-order valence-electron chi connectivity index (χ2n) is 4.89. The fourth-order valence-corrected chi connectivity index (χ4v) is 2.29. The van der Waals surface area contributed by atoms with E-state index >= 15 is 0 Å². The van der Waals surface area contributed by atoms with Crippen LogP contribution in [0.3, 0.4) is 0 Å². The van der Waals surface area contributed by atoms with Gasteiger partial charge in [0.25, 0.3) is 0 Å². The minimum Gasteiger partial charge on any atom is -0.205 e. The van der Waals surface area contributed by atoms with Gasteiger partial charge >= 0.3 is 0 Å². The topological polar surface area (TPSA) is 27.7 Å². The van der Waals surface area contributed by atoms with Crippen LogP contribution in [0, 0.1) is 29.9 Å². The molecule has 0 amide bonds. The zero-order valence-corrected chi connectivity index (χ0v) is 12.0. The van der Waals surface area contributed by atoms with E-state index in [0.29, 0.717) is 17.7 Å². The Morgan fingerprint density at radius 3 is 2.71 bits per heavy atom. The number of rotatable bonds is 3. The number of aryl methyl sites for hydroxylation is 2. The number of benzene rings is 1.